The van der Waals surface area contributed by atoms with Gasteiger partial charge in [0.2, 0.25) is 5.91 Å². The molecule has 3 aromatic rings. The summed E-state index contributed by atoms with van der Waals surface area (Å²) in [6.45, 7) is 1.85. The Kier molecular flexibility index (Phi) is 7.20. The molecule has 0 aliphatic heterocycles. The van der Waals surface area contributed by atoms with Crippen LogP contribution >= 0.6 is 11.3 Å². The van der Waals surface area contributed by atoms with Gasteiger partial charge in [0.1, 0.15) is 0 Å². The topological polar surface area (TPSA) is 84.5 Å². The second kappa shape index (κ2) is 10.2. The summed E-state index contributed by atoms with van der Waals surface area (Å²) in [5.41, 5.74) is 2.46. The van der Waals surface area contributed by atoms with Crippen molar-refractivity contribution in [2.45, 2.75) is 13.5 Å². The number of hydrogen-bond donors (Lipinski definition) is 2. The lowest BCUT2D eigenvalue weighted by molar-refractivity contribution is -0.119. The van der Waals surface area contributed by atoms with Crippen molar-refractivity contribution < 1.29 is 19.1 Å². The van der Waals surface area contributed by atoms with Gasteiger partial charge < -0.3 is 15.4 Å². The van der Waals surface area contributed by atoms with E-state index in [1.807, 2.05) is 12.1 Å². The number of nitrogens with one attached hydrogen (secondary N) is 2. The second-order valence-electron chi connectivity index (χ2n) is 6.53. The number of esters is 1. The number of thiophene rings is 1. The van der Waals surface area contributed by atoms with Crippen LogP contribution in [0.5, 0.6) is 0 Å². The van der Waals surface area contributed by atoms with Gasteiger partial charge in [-0.25, -0.2) is 4.79 Å². The Hall–Kier alpha value is -3.89. The van der Waals surface area contributed by atoms with Crippen LogP contribution in [0.25, 0.3) is 0 Å². The first kappa shape index (κ1) is 21.8. The van der Waals surface area contributed by atoms with Crippen LogP contribution in [0.3, 0.4) is 0 Å². The highest BCUT2D eigenvalue weighted by molar-refractivity contribution is 7.14. The van der Waals surface area contributed by atoms with Crippen molar-refractivity contribution >= 4 is 34.8 Å². The predicted molar refractivity (Wildman–Crippen MR) is 120 cm³/mol. The SMILES string of the molecule is COC(=O)c1cccc(C#Cc2cccc(NC(=O)c3ccc(CNC(C)=O)s3)c2)c1. The number of carbonyl (C=O) groups is 3. The molecular weight excluding hydrogens is 412 g/mol. The van der Waals surface area contributed by atoms with Gasteiger partial charge in [0.05, 0.1) is 24.1 Å². The molecule has 2 N–H and O–H groups in total. The van der Waals surface area contributed by atoms with E-state index in [1.165, 1.54) is 25.4 Å². The quantitative estimate of drug-likeness (QED) is 0.474. The summed E-state index contributed by atoms with van der Waals surface area (Å²) in [4.78, 5) is 36.6. The van der Waals surface area contributed by atoms with Gasteiger partial charge in [-0.15, -0.1) is 11.3 Å². The van der Waals surface area contributed by atoms with Crippen molar-refractivity contribution in [2.75, 3.05) is 12.4 Å². The number of rotatable bonds is 5. The maximum atomic E-state index is 12.5. The zero-order valence-corrected chi connectivity index (χ0v) is 17.8. The van der Waals surface area contributed by atoms with Crippen LogP contribution in [0.1, 0.15) is 43.0 Å². The maximum absolute atomic E-state index is 12.5. The van der Waals surface area contributed by atoms with Crippen LogP contribution < -0.4 is 10.6 Å². The molecule has 0 aliphatic rings. The third-order valence-corrected chi connectivity index (χ3v) is 5.24. The van der Waals surface area contributed by atoms with Gasteiger partial charge in [-0.2, -0.15) is 0 Å². The molecule has 2 aromatic carbocycles. The van der Waals surface area contributed by atoms with E-state index in [4.69, 9.17) is 4.74 Å². The first-order chi connectivity index (χ1) is 14.9. The lowest BCUT2D eigenvalue weighted by Gasteiger charge is -2.04. The van der Waals surface area contributed by atoms with Crippen molar-refractivity contribution in [3.05, 3.63) is 87.1 Å². The molecule has 0 unspecified atom stereocenters. The highest BCUT2D eigenvalue weighted by Gasteiger charge is 2.10. The number of anilines is 1. The first-order valence-electron chi connectivity index (χ1n) is 9.39. The Bertz CT molecular complexity index is 1190. The monoisotopic (exact) mass is 432 g/mol. The van der Waals surface area contributed by atoms with Gasteiger partial charge in [0.25, 0.3) is 5.91 Å². The van der Waals surface area contributed by atoms with E-state index < -0.39 is 5.97 Å². The summed E-state index contributed by atoms with van der Waals surface area (Å²) >= 11 is 1.33. The minimum Gasteiger partial charge on any atom is -0.465 e. The average Bonchev–Trinajstić information content (AvgIpc) is 3.25. The molecule has 31 heavy (non-hydrogen) atoms. The number of carbonyl (C=O) groups excluding carboxylic acids is 3. The molecule has 3 rings (SSSR count). The van der Waals surface area contributed by atoms with E-state index in [-0.39, 0.29) is 11.8 Å². The van der Waals surface area contributed by atoms with Crippen molar-refractivity contribution in [1.29, 1.82) is 0 Å². The smallest absolute Gasteiger partial charge is 0.337 e. The molecule has 156 valence electrons. The molecule has 0 aliphatic carbocycles. The summed E-state index contributed by atoms with van der Waals surface area (Å²) in [7, 11) is 1.33. The highest BCUT2D eigenvalue weighted by Crippen LogP contribution is 2.19. The van der Waals surface area contributed by atoms with Gasteiger partial charge >= 0.3 is 5.97 Å². The maximum Gasteiger partial charge on any atom is 0.337 e. The second-order valence-corrected chi connectivity index (χ2v) is 7.70. The molecule has 7 heteroatoms. The number of amides is 2. The van der Waals surface area contributed by atoms with Gasteiger partial charge in [0, 0.05) is 28.6 Å². The molecule has 0 radical (unpaired) electrons. The molecule has 0 saturated heterocycles. The molecule has 0 bridgehead atoms. The fourth-order valence-corrected chi connectivity index (χ4v) is 3.50. The Balaban J connectivity index is 1.69. The van der Waals surface area contributed by atoms with E-state index in [0.717, 1.165) is 10.4 Å². The number of hydrogen-bond acceptors (Lipinski definition) is 5. The van der Waals surface area contributed by atoms with E-state index >= 15 is 0 Å². The van der Waals surface area contributed by atoms with Crippen LogP contribution in [0.2, 0.25) is 0 Å². The zero-order chi connectivity index (χ0) is 22.2. The summed E-state index contributed by atoms with van der Waals surface area (Å²) in [5.74, 6) is 5.30. The number of benzene rings is 2. The number of ether oxygens (including phenoxy) is 1. The standard InChI is InChI=1S/C24H20N2O4S/c1-16(27)25-15-21-11-12-22(31-21)23(28)26-20-8-4-6-18(14-20)10-9-17-5-3-7-19(13-17)24(29)30-2/h3-8,11-14H,15H2,1-2H3,(H,25,27)(H,26,28). The van der Waals surface area contributed by atoms with E-state index in [1.54, 1.807) is 48.5 Å². The fourth-order valence-electron chi connectivity index (χ4n) is 2.66. The molecule has 0 atom stereocenters. The summed E-state index contributed by atoms with van der Waals surface area (Å²) < 4.78 is 4.72. The van der Waals surface area contributed by atoms with E-state index in [2.05, 4.69) is 22.5 Å². The van der Waals surface area contributed by atoms with Crippen molar-refractivity contribution in [3.8, 4) is 11.8 Å². The van der Waals surface area contributed by atoms with E-state index in [0.29, 0.717) is 28.2 Å². The fraction of sp³-hybridized carbons (Fsp3) is 0.125. The predicted octanol–water partition coefficient (Wildman–Crippen LogP) is 3.82. The van der Waals surface area contributed by atoms with Gasteiger partial charge in [-0.05, 0) is 48.5 Å². The van der Waals surface area contributed by atoms with Crippen LogP contribution in [0.15, 0.2) is 60.7 Å². The third kappa shape index (κ3) is 6.29. The van der Waals surface area contributed by atoms with Crippen LogP contribution in [0, 0.1) is 11.8 Å². The Morgan fingerprint density at radius 1 is 0.968 bits per heavy atom. The van der Waals surface area contributed by atoms with Crippen LogP contribution in [-0.4, -0.2) is 24.9 Å². The number of methoxy groups -OCH3 is 1. The average molecular weight is 433 g/mol. The molecular formula is C24H20N2O4S. The Morgan fingerprint density at radius 2 is 1.68 bits per heavy atom. The van der Waals surface area contributed by atoms with Crippen LogP contribution in [-0.2, 0) is 16.1 Å². The lowest BCUT2D eigenvalue weighted by Crippen LogP contribution is -2.18. The lowest BCUT2D eigenvalue weighted by atomic mass is 10.1. The molecule has 6 nitrogen and oxygen atoms in total. The van der Waals surface area contributed by atoms with Crippen molar-refractivity contribution in [2.24, 2.45) is 0 Å². The van der Waals surface area contributed by atoms with E-state index in [9.17, 15) is 14.4 Å². The largest absolute Gasteiger partial charge is 0.465 e. The Labute approximate surface area is 184 Å². The highest BCUT2D eigenvalue weighted by atomic mass is 32.1. The Morgan fingerprint density at radius 3 is 2.39 bits per heavy atom. The third-order valence-electron chi connectivity index (χ3n) is 4.15. The minimum atomic E-state index is -0.415. The summed E-state index contributed by atoms with van der Waals surface area (Å²) in [6, 6.07) is 17.6. The molecule has 1 aromatic heterocycles. The summed E-state index contributed by atoms with van der Waals surface area (Å²) in [5, 5.41) is 5.57. The van der Waals surface area contributed by atoms with Crippen LogP contribution in [0.4, 0.5) is 5.69 Å². The summed E-state index contributed by atoms with van der Waals surface area (Å²) in [6.07, 6.45) is 0. The van der Waals surface area contributed by atoms with Gasteiger partial charge in [0.15, 0.2) is 0 Å². The first-order valence-corrected chi connectivity index (χ1v) is 10.2. The van der Waals surface area contributed by atoms with Crippen molar-refractivity contribution in [3.63, 3.8) is 0 Å². The molecule has 0 fully saturated rings. The minimum absolute atomic E-state index is 0.116. The molecule has 2 amide bonds. The van der Waals surface area contributed by atoms with Gasteiger partial charge in [-0.3, -0.25) is 9.59 Å². The van der Waals surface area contributed by atoms with Crippen molar-refractivity contribution in [1.82, 2.24) is 5.32 Å². The zero-order valence-electron chi connectivity index (χ0n) is 17.0. The van der Waals surface area contributed by atoms with Gasteiger partial charge in [-0.1, -0.05) is 24.0 Å². The molecule has 0 saturated carbocycles. The normalized spacial score (nSPS) is 9.87. The molecule has 0 spiro atoms. The molecule has 1 heterocycles.